The molecule has 49 heavy (non-hydrogen) atoms. The quantitative estimate of drug-likeness (QED) is 0.141. The van der Waals surface area contributed by atoms with Crippen molar-refractivity contribution in [1.82, 2.24) is 29.6 Å². The number of pyridine rings is 1. The van der Waals surface area contributed by atoms with Crippen molar-refractivity contribution in [2.45, 2.75) is 50.0 Å². The van der Waals surface area contributed by atoms with Crippen molar-refractivity contribution in [3.05, 3.63) is 66.1 Å². The van der Waals surface area contributed by atoms with E-state index >= 15 is 8.78 Å². The van der Waals surface area contributed by atoms with Gasteiger partial charge in [-0.15, -0.1) is 6.42 Å². The Labute approximate surface area is 280 Å². The molecule has 8 rings (SSSR count). The summed E-state index contributed by atoms with van der Waals surface area (Å²) in [5, 5.41) is 5.60. The van der Waals surface area contributed by atoms with Gasteiger partial charge in [0, 0.05) is 56.2 Å². The molecule has 3 aliphatic rings. The van der Waals surface area contributed by atoms with Gasteiger partial charge in [-0.25, -0.2) is 23.1 Å². The summed E-state index contributed by atoms with van der Waals surface area (Å²) >= 11 is 0. The number of benzene rings is 2. The summed E-state index contributed by atoms with van der Waals surface area (Å²) in [5.41, 5.74) is -0.311. The van der Waals surface area contributed by atoms with Crippen LogP contribution in [0.1, 0.15) is 31.2 Å². The van der Waals surface area contributed by atoms with Crippen molar-refractivity contribution < 1.29 is 27.4 Å². The van der Waals surface area contributed by atoms with Crippen molar-refractivity contribution in [2.75, 3.05) is 45.0 Å². The lowest BCUT2D eigenvalue weighted by atomic mass is 9.95. The molecule has 0 saturated carbocycles. The first kappa shape index (κ1) is 31.3. The van der Waals surface area contributed by atoms with Gasteiger partial charge in [0.15, 0.2) is 12.6 Å². The second-order valence-corrected chi connectivity index (χ2v) is 12.9. The molecule has 5 aromatic rings. The van der Waals surface area contributed by atoms with E-state index in [1.165, 1.54) is 19.4 Å². The summed E-state index contributed by atoms with van der Waals surface area (Å²) in [7, 11) is 1.49. The third-order valence-corrected chi connectivity index (χ3v) is 10.0. The van der Waals surface area contributed by atoms with E-state index in [1.54, 1.807) is 24.4 Å². The number of rotatable bonds is 10. The average Bonchev–Trinajstić information content (AvgIpc) is 3.82. The summed E-state index contributed by atoms with van der Waals surface area (Å²) in [6.45, 7) is 2.57. The fourth-order valence-corrected chi connectivity index (χ4v) is 7.62. The second kappa shape index (κ2) is 12.5. The van der Waals surface area contributed by atoms with E-state index in [9.17, 15) is 4.39 Å². The SMILES string of the molecule is C#Cc1c(F)ccc2cc(OCOC)cc(-c3nc(N4CC[C@@H]4Cn4cccn4)c4cnc(OC[C@@]56CCCN5C[C@H](F)C6)nc4c3F)c12. The van der Waals surface area contributed by atoms with Gasteiger partial charge in [0.25, 0.3) is 0 Å². The van der Waals surface area contributed by atoms with E-state index in [1.807, 2.05) is 16.9 Å². The molecular formula is C36H34F3N7O3. The van der Waals surface area contributed by atoms with E-state index in [-0.39, 0.29) is 47.8 Å². The molecule has 3 aliphatic heterocycles. The largest absolute Gasteiger partial charge is 0.468 e. The lowest BCUT2D eigenvalue weighted by molar-refractivity contribution is 0.0512. The fraction of sp³-hybridized carbons (Fsp3) is 0.389. The van der Waals surface area contributed by atoms with Crippen LogP contribution in [0.5, 0.6) is 11.8 Å². The Morgan fingerprint density at radius 1 is 1.14 bits per heavy atom. The Bertz CT molecular complexity index is 2090. The molecule has 2 aromatic carbocycles. The molecule has 0 spiro atoms. The topological polar surface area (TPSA) is 90.7 Å². The average molecular weight is 670 g/mol. The van der Waals surface area contributed by atoms with Gasteiger partial charge in [-0.3, -0.25) is 9.58 Å². The number of nitrogens with zero attached hydrogens (tertiary/aromatic N) is 7. The zero-order valence-corrected chi connectivity index (χ0v) is 26.9. The van der Waals surface area contributed by atoms with Crippen molar-refractivity contribution in [3.63, 3.8) is 0 Å². The molecule has 6 heterocycles. The van der Waals surface area contributed by atoms with Crippen LogP contribution in [-0.4, -0.2) is 87.5 Å². The van der Waals surface area contributed by atoms with Crippen molar-refractivity contribution in [1.29, 1.82) is 0 Å². The van der Waals surface area contributed by atoms with Crippen LogP contribution in [0.3, 0.4) is 0 Å². The van der Waals surface area contributed by atoms with Gasteiger partial charge in [0.1, 0.15) is 41.4 Å². The first-order valence-electron chi connectivity index (χ1n) is 16.3. The first-order valence-corrected chi connectivity index (χ1v) is 16.3. The molecule has 0 aliphatic carbocycles. The number of fused-ring (bicyclic) bond motifs is 3. The van der Waals surface area contributed by atoms with Crippen molar-refractivity contribution >= 4 is 27.5 Å². The molecule has 0 N–H and O–H groups in total. The minimum absolute atomic E-state index is 0.0136. The number of alkyl halides is 1. The Kier molecular flexibility index (Phi) is 8.00. The van der Waals surface area contributed by atoms with Crippen LogP contribution in [0.25, 0.3) is 32.9 Å². The maximum atomic E-state index is 17.0. The Balaban J connectivity index is 1.28. The van der Waals surface area contributed by atoms with Crippen LogP contribution in [-0.2, 0) is 11.3 Å². The number of halogens is 3. The van der Waals surface area contributed by atoms with Gasteiger partial charge >= 0.3 is 6.01 Å². The number of terminal acetylenes is 1. The van der Waals surface area contributed by atoms with E-state index in [0.29, 0.717) is 53.8 Å². The highest BCUT2D eigenvalue weighted by molar-refractivity contribution is 6.03. The Morgan fingerprint density at radius 3 is 2.82 bits per heavy atom. The summed E-state index contributed by atoms with van der Waals surface area (Å²) in [4.78, 5) is 18.2. The molecule has 13 heteroatoms. The predicted molar refractivity (Wildman–Crippen MR) is 177 cm³/mol. The molecular weight excluding hydrogens is 635 g/mol. The minimum atomic E-state index is -0.919. The van der Waals surface area contributed by atoms with E-state index in [2.05, 4.69) is 30.8 Å². The van der Waals surface area contributed by atoms with Gasteiger partial charge in [-0.1, -0.05) is 12.0 Å². The lowest BCUT2D eigenvalue weighted by Gasteiger charge is -2.42. The lowest BCUT2D eigenvalue weighted by Crippen LogP contribution is -2.50. The van der Waals surface area contributed by atoms with Crippen LogP contribution < -0.4 is 14.4 Å². The third-order valence-electron chi connectivity index (χ3n) is 10.0. The number of ether oxygens (including phenoxy) is 3. The number of anilines is 1. The number of hydrogen-bond acceptors (Lipinski definition) is 9. The molecule has 0 bridgehead atoms. The van der Waals surface area contributed by atoms with Crippen LogP contribution in [0.2, 0.25) is 0 Å². The number of aromatic nitrogens is 5. The van der Waals surface area contributed by atoms with Gasteiger partial charge in [0.05, 0.1) is 29.1 Å². The monoisotopic (exact) mass is 669 g/mol. The van der Waals surface area contributed by atoms with Gasteiger partial charge in [-0.2, -0.15) is 10.1 Å². The van der Waals surface area contributed by atoms with Gasteiger partial charge < -0.3 is 19.1 Å². The van der Waals surface area contributed by atoms with E-state index < -0.39 is 23.3 Å². The standard InChI is InChI=1S/C36H34F3N7O3/c1-3-26-29(38)7-6-22-14-25(49-21-47-2)15-27(30(22)26)32-31(39)33-28(34(42-32)46-13-8-24(46)19-45-12-5-10-41-45)17-40-35(43-33)48-20-36-9-4-11-44(36)18-23(37)16-36/h1,5-7,10,12,14-15,17,23-24H,4,8-9,11,13,16,18-21H2,2H3/t23-,24-,36+/m1/s1. The minimum Gasteiger partial charge on any atom is -0.468 e. The van der Waals surface area contributed by atoms with Crippen LogP contribution in [0.15, 0.2) is 48.9 Å². The second-order valence-electron chi connectivity index (χ2n) is 12.9. The maximum Gasteiger partial charge on any atom is 0.317 e. The highest BCUT2D eigenvalue weighted by atomic mass is 19.1. The summed E-state index contributed by atoms with van der Waals surface area (Å²) in [6, 6.07) is 7.96. The normalized spacial score (nSPS) is 22.0. The van der Waals surface area contributed by atoms with Crippen LogP contribution >= 0.6 is 0 Å². The molecule has 252 valence electrons. The highest BCUT2D eigenvalue weighted by Crippen LogP contribution is 2.43. The smallest absolute Gasteiger partial charge is 0.317 e. The Morgan fingerprint density at radius 2 is 2.04 bits per heavy atom. The summed E-state index contributed by atoms with van der Waals surface area (Å²) in [6.07, 6.45) is 13.0. The van der Waals surface area contributed by atoms with E-state index in [0.717, 1.165) is 25.8 Å². The van der Waals surface area contributed by atoms with E-state index in [4.69, 9.17) is 25.6 Å². The zero-order chi connectivity index (χ0) is 33.7. The molecule has 3 fully saturated rings. The number of methoxy groups -OCH3 is 1. The van der Waals surface area contributed by atoms with Gasteiger partial charge in [-0.05, 0) is 55.5 Å². The maximum absolute atomic E-state index is 17.0. The molecule has 3 aromatic heterocycles. The molecule has 0 unspecified atom stereocenters. The molecule has 0 radical (unpaired) electrons. The van der Waals surface area contributed by atoms with Gasteiger partial charge in [0.2, 0.25) is 0 Å². The first-order chi connectivity index (χ1) is 23.9. The van der Waals surface area contributed by atoms with Crippen LogP contribution in [0, 0.1) is 24.0 Å². The molecule has 3 saturated heterocycles. The molecule has 3 atom stereocenters. The molecule has 10 nitrogen and oxygen atoms in total. The summed E-state index contributed by atoms with van der Waals surface area (Å²) < 4.78 is 65.5. The van der Waals surface area contributed by atoms with Crippen LogP contribution in [0.4, 0.5) is 19.0 Å². The number of hydrogen-bond donors (Lipinski definition) is 0. The molecule has 0 amide bonds. The summed E-state index contributed by atoms with van der Waals surface area (Å²) in [5.74, 6) is 1.90. The van der Waals surface area contributed by atoms with Crippen molar-refractivity contribution in [3.8, 4) is 35.4 Å². The predicted octanol–water partition coefficient (Wildman–Crippen LogP) is 5.52. The van der Waals surface area contributed by atoms with Crippen molar-refractivity contribution in [2.24, 2.45) is 0 Å². The zero-order valence-electron chi connectivity index (χ0n) is 26.9. The Hall–Kier alpha value is -4.93. The third kappa shape index (κ3) is 5.49. The highest BCUT2D eigenvalue weighted by Gasteiger charge is 2.49. The fourth-order valence-electron chi connectivity index (χ4n) is 7.62.